The van der Waals surface area contributed by atoms with Crippen LogP contribution in [0.1, 0.15) is 24.4 Å². The minimum absolute atomic E-state index is 0.172. The van der Waals surface area contributed by atoms with Gasteiger partial charge in [-0.2, -0.15) is 0 Å². The second-order valence-corrected chi connectivity index (χ2v) is 4.32. The molecule has 1 fully saturated rings. The zero-order valence-corrected chi connectivity index (χ0v) is 9.83. The Labute approximate surface area is 101 Å². The van der Waals surface area contributed by atoms with Gasteiger partial charge in [0, 0.05) is 18.1 Å². The molecule has 1 aromatic rings. The summed E-state index contributed by atoms with van der Waals surface area (Å²) in [6.45, 7) is 1.95. The van der Waals surface area contributed by atoms with Crippen LogP contribution < -0.4 is 0 Å². The van der Waals surface area contributed by atoms with E-state index in [2.05, 4.69) is 4.90 Å². The van der Waals surface area contributed by atoms with E-state index >= 15 is 0 Å². The molecule has 1 aliphatic rings. The smallest absolute Gasteiger partial charge is 0.123 e. The highest BCUT2D eigenvalue weighted by Gasteiger charge is 2.24. The van der Waals surface area contributed by atoms with Crippen LogP contribution in [-0.4, -0.2) is 18.0 Å². The van der Waals surface area contributed by atoms with Crippen molar-refractivity contribution in [2.45, 2.75) is 18.9 Å². The van der Waals surface area contributed by atoms with Crippen LogP contribution in [0.15, 0.2) is 35.9 Å². The van der Waals surface area contributed by atoms with Crippen molar-refractivity contribution in [2.75, 3.05) is 13.1 Å². The second kappa shape index (κ2) is 5.46. The summed E-state index contributed by atoms with van der Waals surface area (Å²) in [7, 11) is 0. The van der Waals surface area contributed by atoms with Crippen molar-refractivity contribution in [3.8, 4) is 0 Å². The molecule has 16 heavy (non-hydrogen) atoms. The van der Waals surface area contributed by atoms with E-state index < -0.39 is 0 Å². The van der Waals surface area contributed by atoms with Crippen molar-refractivity contribution in [3.05, 3.63) is 47.3 Å². The fourth-order valence-corrected chi connectivity index (χ4v) is 2.36. The van der Waals surface area contributed by atoms with E-state index in [-0.39, 0.29) is 5.82 Å². The van der Waals surface area contributed by atoms with Gasteiger partial charge in [0.2, 0.25) is 0 Å². The lowest BCUT2D eigenvalue weighted by molar-refractivity contribution is 0.285. The Kier molecular flexibility index (Phi) is 3.97. The number of nitrogens with zero attached hydrogens (tertiary/aromatic N) is 1. The van der Waals surface area contributed by atoms with Gasteiger partial charge in [-0.25, -0.2) is 4.39 Å². The van der Waals surface area contributed by atoms with Crippen molar-refractivity contribution in [1.29, 1.82) is 0 Å². The van der Waals surface area contributed by atoms with Gasteiger partial charge in [0.05, 0.1) is 0 Å². The van der Waals surface area contributed by atoms with Gasteiger partial charge in [0.25, 0.3) is 0 Å². The predicted molar refractivity (Wildman–Crippen MR) is 64.9 cm³/mol. The molecule has 1 atom stereocenters. The maximum Gasteiger partial charge on any atom is 0.123 e. The van der Waals surface area contributed by atoms with Gasteiger partial charge >= 0.3 is 0 Å². The normalized spacial score (nSPS) is 22.0. The van der Waals surface area contributed by atoms with E-state index in [1.165, 1.54) is 24.1 Å². The van der Waals surface area contributed by atoms with Gasteiger partial charge < -0.3 is 0 Å². The summed E-state index contributed by atoms with van der Waals surface area (Å²) in [5.74, 6) is -0.172. The van der Waals surface area contributed by atoms with Crippen LogP contribution in [0.25, 0.3) is 0 Å². The van der Waals surface area contributed by atoms with E-state index in [0.29, 0.717) is 6.04 Å². The Morgan fingerprint density at radius 3 is 2.81 bits per heavy atom. The third-order valence-electron chi connectivity index (χ3n) is 3.05. The van der Waals surface area contributed by atoms with Gasteiger partial charge in [-0.15, -0.1) is 0 Å². The zero-order valence-electron chi connectivity index (χ0n) is 9.07. The molecule has 0 saturated carbocycles. The zero-order chi connectivity index (χ0) is 11.4. The third kappa shape index (κ3) is 2.63. The van der Waals surface area contributed by atoms with Crippen LogP contribution in [0.5, 0.6) is 0 Å². The lowest BCUT2D eigenvalue weighted by atomic mass is 10.0. The predicted octanol–water partition coefficient (Wildman–Crippen LogP) is 3.72. The number of hydrogen-bond acceptors (Lipinski definition) is 1. The molecule has 2 rings (SSSR count). The van der Waals surface area contributed by atoms with E-state index in [0.717, 1.165) is 19.5 Å². The molecular weight excluding hydrogens is 225 g/mol. The second-order valence-electron chi connectivity index (χ2n) is 4.07. The number of halogens is 2. The topological polar surface area (TPSA) is 3.24 Å². The van der Waals surface area contributed by atoms with Gasteiger partial charge in [0.1, 0.15) is 5.82 Å². The van der Waals surface area contributed by atoms with Gasteiger partial charge in [-0.05, 0) is 37.1 Å². The molecular formula is C13H15ClFN. The molecule has 1 unspecified atom stereocenters. The summed E-state index contributed by atoms with van der Waals surface area (Å²) in [6, 6.07) is 7.23. The van der Waals surface area contributed by atoms with E-state index in [4.69, 9.17) is 11.6 Å². The molecule has 1 aliphatic heterocycles. The van der Waals surface area contributed by atoms with Crippen molar-refractivity contribution in [1.82, 2.24) is 4.90 Å². The van der Waals surface area contributed by atoms with Crippen molar-refractivity contribution < 1.29 is 4.39 Å². The highest BCUT2D eigenvalue weighted by atomic mass is 35.5. The van der Waals surface area contributed by atoms with Crippen LogP contribution in [-0.2, 0) is 0 Å². The van der Waals surface area contributed by atoms with E-state index in [9.17, 15) is 4.39 Å². The molecule has 1 heterocycles. The quantitative estimate of drug-likeness (QED) is 0.777. The Morgan fingerprint density at radius 2 is 2.12 bits per heavy atom. The summed E-state index contributed by atoms with van der Waals surface area (Å²) < 4.78 is 12.8. The monoisotopic (exact) mass is 239 g/mol. The Morgan fingerprint density at radius 1 is 1.38 bits per heavy atom. The lowest BCUT2D eigenvalue weighted by Gasteiger charge is -2.23. The molecule has 0 aromatic heterocycles. The molecule has 1 aromatic carbocycles. The number of benzene rings is 1. The number of hydrogen-bond donors (Lipinski definition) is 0. The van der Waals surface area contributed by atoms with Gasteiger partial charge in [0.15, 0.2) is 0 Å². The van der Waals surface area contributed by atoms with E-state index in [1.807, 2.05) is 18.2 Å². The average molecular weight is 240 g/mol. The van der Waals surface area contributed by atoms with Gasteiger partial charge in [-0.3, -0.25) is 4.90 Å². The minimum atomic E-state index is -0.172. The SMILES string of the molecule is Fc1ccc(C2CCCN2C/C=C/Cl)cc1. The molecule has 0 spiro atoms. The molecule has 0 aliphatic carbocycles. The van der Waals surface area contributed by atoms with Crippen molar-refractivity contribution >= 4 is 11.6 Å². The molecule has 0 amide bonds. The number of rotatable bonds is 3. The van der Waals surface area contributed by atoms with Crippen LogP contribution in [0.3, 0.4) is 0 Å². The Bertz CT molecular complexity index is 361. The maximum atomic E-state index is 12.8. The summed E-state index contributed by atoms with van der Waals surface area (Å²) in [5, 5.41) is 0. The molecule has 0 N–H and O–H groups in total. The van der Waals surface area contributed by atoms with Crippen LogP contribution in [0.2, 0.25) is 0 Å². The summed E-state index contributed by atoms with van der Waals surface area (Å²) >= 11 is 5.54. The summed E-state index contributed by atoms with van der Waals surface area (Å²) in [4.78, 5) is 2.37. The first-order valence-electron chi connectivity index (χ1n) is 5.56. The first-order chi connectivity index (χ1) is 7.81. The Balaban J connectivity index is 2.10. The molecule has 3 heteroatoms. The Hall–Kier alpha value is -0.860. The first-order valence-corrected chi connectivity index (χ1v) is 5.99. The molecule has 0 radical (unpaired) electrons. The third-order valence-corrected chi connectivity index (χ3v) is 3.23. The maximum absolute atomic E-state index is 12.8. The fraction of sp³-hybridized carbons (Fsp3) is 0.385. The van der Waals surface area contributed by atoms with Gasteiger partial charge in [-0.1, -0.05) is 29.8 Å². The van der Waals surface area contributed by atoms with Crippen molar-refractivity contribution in [2.24, 2.45) is 0 Å². The number of likely N-dealkylation sites (tertiary alicyclic amines) is 1. The molecule has 1 nitrogen and oxygen atoms in total. The fourth-order valence-electron chi connectivity index (χ4n) is 2.28. The van der Waals surface area contributed by atoms with Crippen LogP contribution in [0, 0.1) is 5.82 Å². The first kappa shape index (κ1) is 11.6. The largest absolute Gasteiger partial charge is 0.293 e. The molecule has 0 bridgehead atoms. The molecule has 86 valence electrons. The van der Waals surface area contributed by atoms with Crippen LogP contribution in [0.4, 0.5) is 4.39 Å². The average Bonchev–Trinajstić information content (AvgIpc) is 2.75. The van der Waals surface area contributed by atoms with Crippen molar-refractivity contribution in [3.63, 3.8) is 0 Å². The standard InChI is InChI=1S/C13H15ClFN/c14-8-2-10-16-9-1-3-13(16)11-4-6-12(15)7-5-11/h2,4-8,13H,1,3,9-10H2/b8-2+. The highest BCUT2D eigenvalue weighted by Crippen LogP contribution is 2.31. The van der Waals surface area contributed by atoms with Crippen LogP contribution >= 0.6 is 11.6 Å². The summed E-state index contributed by atoms with van der Waals surface area (Å²) in [5.41, 5.74) is 2.75. The molecule has 1 saturated heterocycles. The summed E-state index contributed by atoms with van der Waals surface area (Å²) in [6.07, 6.45) is 4.28. The lowest BCUT2D eigenvalue weighted by Crippen LogP contribution is -2.23. The highest BCUT2D eigenvalue weighted by molar-refractivity contribution is 6.25. The minimum Gasteiger partial charge on any atom is -0.293 e. The van der Waals surface area contributed by atoms with E-state index in [1.54, 1.807) is 5.54 Å².